The predicted molar refractivity (Wildman–Crippen MR) is 63.4 cm³/mol. The number of aryl methyl sites for hydroxylation is 1. The van der Waals surface area contributed by atoms with Crippen LogP contribution < -0.4 is 5.73 Å². The van der Waals surface area contributed by atoms with Crippen LogP contribution in [0.2, 0.25) is 0 Å². The van der Waals surface area contributed by atoms with Gasteiger partial charge in [-0.3, -0.25) is 0 Å². The summed E-state index contributed by atoms with van der Waals surface area (Å²) < 4.78 is 1.14. The topological polar surface area (TPSA) is 26.0 Å². The van der Waals surface area contributed by atoms with E-state index in [0.29, 0.717) is 0 Å². The molecule has 0 amide bonds. The molecule has 0 aromatic heterocycles. The summed E-state index contributed by atoms with van der Waals surface area (Å²) >= 11 is 3.41. The van der Waals surface area contributed by atoms with E-state index in [1.807, 2.05) is 0 Å². The number of nitrogens with two attached hydrogens (primary N) is 1. The average Bonchev–Trinajstić information content (AvgIpc) is 2.09. The van der Waals surface area contributed by atoms with Crippen molar-refractivity contribution in [1.29, 1.82) is 0 Å². The quantitative estimate of drug-likeness (QED) is 0.831. The third kappa shape index (κ3) is 5.29. The summed E-state index contributed by atoms with van der Waals surface area (Å²) in [5.74, 6) is 0. The molecule has 0 aliphatic heterocycles. The molecular weight excluding hydrogens is 249 g/mol. The highest BCUT2D eigenvalue weighted by Gasteiger charge is 1.92. The molecule has 0 radical (unpaired) electrons. The normalized spacial score (nSPS) is 9.38. The van der Waals surface area contributed by atoms with Crippen LogP contribution in [-0.4, -0.2) is 6.54 Å². The van der Waals surface area contributed by atoms with Crippen LogP contribution in [-0.2, 0) is 6.42 Å². The molecule has 74 valence electrons. The van der Waals surface area contributed by atoms with Crippen molar-refractivity contribution in [1.82, 2.24) is 0 Å². The van der Waals surface area contributed by atoms with Crippen LogP contribution in [0.5, 0.6) is 0 Å². The molecule has 1 aromatic rings. The molecule has 1 nitrogen and oxygen atoms in total. The fraction of sp³-hybridized carbons (Fsp3) is 0.400. The van der Waals surface area contributed by atoms with E-state index in [0.717, 1.165) is 23.9 Å². The first-order valence-corrected chi connectivity index (χ1v) is 5.07. The molecule has 0 saturated carbocycles. The summed E-state index contributed by atoms with van der Waals surface area (Å²) in [5.41, 5.74) is 6.80. The van der Waals surface area contributed by atoms with Crippen LogP contribution in [0, 0.1) is 0 Å². The van der Waals surface area contributed by atoms with Crippen molar-refractivity contribution in [3.63, 3.8) is 0 Å². The fourth-order valence-corrected chi connectivity index (χ4v) is 1.39. The Morgan fingerprint density at radius 3 is 2.23 bits per heavy atom. The molecule has 0 spiro atoms. The van der Waals surface area contributed by atoms with Crippen molar-refractivity contribution < 1.29 is 0 Å². The number of halogens is 2. The van der Waals surface area contributed by atoms with Gasteiger partial charge in [0.1, 0.15) is 0 Å². The number of benzene rings is 1. The average molecular weight is 265 g/mol. The molecule has 0 fully saturated rings. The lowest BCUT2D eigenvalue weighted by Gasteiger charge is -1.99. The number of unbranched alkanes of at least 4 members (excludes halogenated alkanes) is 1. The highest BCUT2D eigenvalue weighted by atomic mass is 79.9. The minimum absolute atomic E-state index is 0. The van der Waals surface area contributed by atoms with Gasteiger partial charge in [0.15, 0.2) is 0 Å². The van der Waals surface area contributed by atoms with Crippen molar-refractivity contribution in [3.05, 3.63) is 34.3 Å². The number of hydrogen-bond donors (Lipinski definition) is 1. The van der Waals surface area contributed by atoms with E-state index in [1.165, 1.54) is 12.0 Å². The first-order valence-electron chi connectivity index (χ1n) is 4.27. The van der Waals surface area contributed by atoms with Crippen LogP contribution >= 0.6 is 28.3 Å². The first-order chi connectivity index (χ1) is 5.83. The minimum Gasteiger partial charge on any atom is -0.330 e. The van der Waals surface area contributed by atoms with Crippen molar-refractivity contribution in [3.8, 4) is 0 Å². The molecule has 0 bridgehead atoms. The van der Waals surface area contributed by atoms with Gasteiger partial charge in [0.2, 0.25) is 0 Å². The molecule has 1 rings (SSSR count). The maximum absolute atomic E-state index is 5.41. The lowest BCUT2D eigenvalue weighted by Crippen LogP contribution is -1.98. The molecule has 2 N–H and O–H groups in total. The predicted octanol–water partition coefficient (Wildman–Crippen LogP) is 3.15. The van der Waals surface area contributed by atoms with Crippen LogP contribution in [0.1, 0.15) is 18.4 Å². The molecular formula is C10H15BrClN. The van der Waals surface area contributed by atoms with Gasteiger partial charge in [-0.25, -0.2) is 0 Å². The van der Waals surface area contributed by atoms with Gasteiger partial charge in [0.05, 0.1) is 0 Å². The first kappa shape index (κ1) is 12.9. The van der Waals surface area contributed by atoms with E-state index in [4.69, 9.17) is 5.73 Å². The molecule has 0 atom stereocenters. The minimum atomic E-state index is 0. The zero-order valence-electron chi connectivity index (χ0n) is 7.50. The SMILES string of the molecule is Cl.NCCCCc1ccc(Br)cc1. The monoisotopic (exact) mass is 263 g/mol. The smallest absolute Gasteiger partial charge is 0.0175 e. The van der Waals surface area contributed by atoms with E-state index in [1.54, 1.807) is 0 Å². The van der Waals surface area contributed by atoms with Crippen molar-refractivity contribution >= 4 is 28.3 Å². The third-order valence-corrected chi connectivity index (χ3v) is 2.36. The van der Waals surface area contributed by atoms with E-state index >= 15 is 0 Å². The molecule has 0 heterocycles. The molecule has 0 aliphatic carbocycles. The Labute approximate surface area is 94.3 Å². The summed E-state index contributed by atoms with van der Waals surface area (Å²) in [6.07, 6.45) is 3.46. The maximum atomic E-state index is 5.41. The molecule has 0 unspecified atom stereocenters. The Morgan fingerprint density at radius 2 is 1.69 bits per heavy atom. The third-order valence-electron chi connectivity index (χ3n) is 1.83. The molecule has 1 aromatic carbocycles. The van der Waals surface area contributed by atoms with E-state index in [-0.39, 0.29) is 12.4 Å². The Bertz CT molecular complexity index is 223. The maximum Gasteiger partial charge on any atom is 0.0175 e. The summed E-state index contributed by atoms with van der Waals surface area (Å²) in [7, 11) is 0. The van der Waals surface area contributed by atoms with E-state index < -0.39 is 0 Å². The lowest BCUT2D eigenvalue weighted by molar-refractivity contribution is 0.745. The second-order valence-electron chi connectivity index (χ2n) is 2.87. The van der Waals surface area contributed by atoms with E-state index in [9.17, 15) is 0 Å². The Balaban J connectivity index is 0.00000144. The number of rotatable bonds is 4. The molecule has 3 heteroatoms. The second kappa shape index (κ2) is 7.36. The summed E-state index contributed by atoms with van der Waals surface area (Å²) in [4.78, 5) is 0. The van der Waals surface area contributed by atoms with Crippen LogP contribution in [0.3, 0.4) is 0 Å². The molecule has 13 heavy (non-hydrogen) atoms. The molecule has 0 aliphatic rings. The van der Waals surface area contributed by atoms with Gasteiger partial charge in [-0.15, -0.1) is 12.4 Å². The zero-order chi connectivity index (χ0) is 8.81. The Kier molecular flexibility index (Phi) is 7.33. The van der Waals surface area contributed by atoms with Crippen molar-refractivity contribution in [2.45, 2.75) is 19.3 Å². The van der Waals surface area contributed by atoms with Crippen LogP contribution in [0.15, 0.2) is 28.7 Å². The van der Waals surface area contributed by atoms with Gasteiger partial charge in [-0.1, -0.05) is 28.1 Å². The Morgan fingerprint density at radius 1 is 1.08 bits per heavy atom. The van der Waals surface area contributed by atoms with Gasteiger partial charge >= 0.3 is 0 Å². The van der Waals surface area contributed by atoms with Crippen molar-refractivity contribution in [2.24, 2.45) is 5.73 Å². The highest BCUT2D eigenvalue weighted by molar-refractivity contribution is 9.10. The summed E-state index contributed by atoms with van der Waals surface area (Å²) in [6.45, 7) is 0.802. The standard InChI is InChI=1S/C10H14BrN.ClH/c11-10-6-4-9(5-7-10)3-1-2-8-12;/h4-7H,1-3,8,12H2;1H. The highest BCUT2D eigenvalue weighted by Crippen LogP contribution is 2.11. The van der Waals surface area contributed by atoms with Crippen LogP contribution in [0.4, 0.5) is 0 Å². The van der Waals surface area contributed by atoms with E-state index in [2.05, 4.69) is 40.2 Å². The zero-order valence-corrected chi connectivity index (χ0v) is 9.90. The fourth-order valence-electron chi connectivity index (χ4n) is 1.12. The van der Waals surface area contributed by atoms with Gasteiger partial charge in [0.25, 0.3) is 0 Å². The largest absolute Gasteiger partial charge is 0.330 e. The van der Waals surface area contributed by atoms with Gasteiger partial charge in [-0.2, -0.15) is 0 Å². The number of hydrogen-bond acceptors (Lipinski definition) is 1. The van der Waals surface area contributed by atoms with Gasteiger partial charge in [-0.05, 0) is 43.5 Å². The second-order valence-corrected chi connectivity index (χ2v) is 3.79. The summed E-state index contributed by atoms with van der Waals surface area (Å²) in [5, 5.41) is 0. The van der Waals surface area contributed by atoms with Gasteiger partial charge < -0.3 is 5.73 Å². The van der Waals surface area contributed by atoms with Crippen LogP contribution in [0.25, 0.3) is 0 Å². The van der Waals surface area contributed by atoms with Crippen molar-refractivity contribution in [2.75, 3.05) is 6.54 Å². The lowest BCUT2D eigenvalue weighted by atomic mass is 10.1. The Hall–Kier alpha value is -0.0500. The van der Waals surface area contributed by atoms with Gasteiger partial charge in [0, 0.05) is 4.47 Å². The molecule has 0 saturated heterocycles. The summed E-state index contributed by atoms with van der Waals surface area (Å²) in [6, 6.07) is 8.47.